The molecule has 3 heteroatoms. The van der Waals surface area contributed by atoms with Gasteiger partial charge in [0, 0.05) is 17.8 Å². The van der Waals surface area contributed by atoms with Crippen LogP contribution in [0.5, 0.6) is 0 Å². The predicted octanol–water partition coefficient (Wildman–Crippen LogP) is 2.16. The van der Waals surface area contributed by atoms with Crippen LogP contribution in [0.25, 0.3) is 0 Å². The summed E-state index contributed by atoms with van der Waals surface area (Å²) in [6.45, 7) is 1.96. The van der Waals surface area contributed by atoms with Gasteiger partial charge in [-0.1, -0.05) is 0 Å². The Bertz CT molecular complexity index is 420. The largest absolute Gasteiger partial charge is 0.381 e. The van der Waals surface area contributed by atoms with E-state index in [9.17, 15) is 0 Å². The van der Waals surface area contributed by atoms with E-state index in [0.717, 1.165) is 29.7 Å². The molecule has 0 spiro atoms. The molecule has 0 heterocycles. The molecule has 0 aliphatic heterocycles. The molecule has 1 aliphatic carbocycles. The number of anilines is 1. The van der Waals surface area contributed by atoms with Crippen LogP contribution in [0.2, 0.25) is 0 Å². The summed E-state index contributed by atoms with van der Waals surface area (Å²) >= 11 is 0. The van der Waals surface area contributed by atoms with Gasteiger partial charge in [-0.25, -0.2) is 0 Å². The van der Waals surface area contributed by atoms with Crippen molar-refractivity contribution in [1.82, 2.24) is 0 Å². The van der Waals surface area contributed by atoms with E-state index < -0.39 is 0 Å². The standard InChI is InChI=1S/C13H17N3/c1-9-7-11(6-5-10(9)8-14)16-13-4-2-3-12(13)15/h5-7,12-13,16H,2-4,15H2,1H3. The predicted molar refractivity (Wildman–Crippen MR) is 65.1 cm³/mol. The van der Waals surface area contributed by atoms with Crippen molar-refractivity contribution in [3.63, 3.8) is 0 Å². The van der Waals surface area contributed by atoms with Crippen molar-refractivity contribution in [1.29, 1.82) is 5.26 Å². The summed E-state index contributed by atoms with van der Waals surface area (Å²) in [5.41, 5.74) is 8.82. The number of hydrogen-bond acceptors (Lipinski definition) is 3. The smallest absolute Gasteiger partial charge is 0.0994 e. The molecule has 3 N–H and O–H groups in total. The molecule has 1 aliphatic rings. The van der Waals surface area contributed by atoms with Gasteiger partial charge in [0.2, 0.25) is 0 Å². The highest BCUT2D eigenvalue weighted by atomic mass is 15.0. The third-order valence-electron chi connectivity index (χ3n) is 3.27. The highest BCUT2D eigenvalue weighted by molar-refractivity contribution is 5.52. The first-order chi connectivity index (χ1) is 7.70. The van der Waals surface area contributed by atoms with E-state index in [0.29, 0.717) is 6.04 Å². The van der Waals surface area contributed by atoms with Crippen LogP contribution in [0.15, 0.2) is 18.2 Å². The fourth-order valence-corrected chi connectivity index (χ4v) is 2.26. The molecule has 1 saturated carbocycles. The lowest BCUT2D eigenvalue weighted by atomic mass is 10.1. The molecule has 0 bridgehead atoms. The Morgan fingerprint density at radius 2 is 2.25 bits per heavy atom. The monoisotopic (exact) mass is 215 g/mol. The molecule has 0 aromatic heterocycles. The number of nitrogens with two attached hydrogens (primary N) is 1. The van der Waals surface area contributed by atoms with Crippen LogP contribution < -0.4 is 11.1 Å². The van der Waals surface area contributed by atoms with Crippen LogP contribution in [0.3, 0.4) is 0 Å². The molecule has 2 atom stereocenters. The fourth-order valence-electron chi connectivity index (χ4n) is 2.26. The first-order valence-electron chi connectivity index (χ1n) is 5.73. The number of nitrogens with zero attached hydrogens (tertiary/aromatic N) is 1. The van der Waals surface area contributed by atoms with E-state index in [1.54, 1.807) is 0 Å². The van der Waals surface area contributed by atoms with E-state index in [4.69, 9.17) is 11.0 Å². The molecule has 0 saturated heterocycles. The van der Waals surface area contributed by atoms with Gasteiger partial charge in [0.25, 0.3) is 0 Å². The van der Waals surface area contributed by atoms with Crippen molar-refractivity contribution in [2.24, 2.45) is 5.73 Å². The summed E-state index contributed by atoms with van der Waals surface area (Å²) in [6.07, 6.45) is 3.45. The molecule has 0 amide bonds. The molecule has 16 heavy (non-hydrogen) atoms. The summed E-state index contributed by atoms with van der Waals surface area (Å²) in [4.78, 5) is 0. The van der Waals surface area contributed by atoms with Crippen LogP contribution in [0.1, 0.15) is 30.4 Å². The molecule has 3 nitrogen and oxygen atoms in total. The van der Waals surface area contributed by atoms with E-state index >= 15 is 0 Å². The zero-order chi connectivity index (χ0) is 11.5. The quantitative estimate of drug-likeness (QED) is 0.794. The SMILES string of the molecule is Cc1cc(NC2CCCC2N)ccc1C#N. The average Bonchev–Trinajstić information content (AvgIpc) is 2.65. The summed E-state index contributed by atoms with van der Waals surface area (Å²) in [5, 5.41) is 12.3. The molecule has 1 aromatic carbocycles. The van der Waals surface area contributed by atoms with Crippen molar-refractivity contribution in [3.8, 4) is 6.07 Å². The topological polar surface area (TPSA) is 61.8 Å². The Morgan fingerprint density at radius 1 is 1.44 bits per heavy atom. The van der Waals surface area contributed by atoms with E-state index in [1.807, 2.05) is 25.1 Å². The maximum absolute atomic E-state index is 8.85. The average molecular weight is 215 g/mol. The Morgan fingerprint density at radius 3 is 2.81 bits per heavy atom. The third kappa shape index (κ3) is 2.17. The maximum atomic E-state index is 8.85. The van der Waals surface area contributed by atoms with Crippen LogP contribution in [0.4, 0.5) is 5.69 Å². The minimum atomic E-state index is 0.260. The second-order valence-corrected chi connectivity index (χ2v) is 4.49. The van der Waals surface area contributed by atoms with Crippen molar-refractivity contribution < 1.29 is 0 Å². The lowest BCUT2D eigenvalue weighted by Gasteiger charge is -2.19. The number of aryl methyl sites for hydroxylation is 1. The maximum Gasteiger partial charge on any atom is 0.0994 e. The van der Waals surface area contributed by atoms with E-state index in [-0.39, 0.29) is 6.04 Å². The summed E-state index contributed by atoms with van der Waals surface area (Å²) in [5.74, 6) is 0. The van der Waals surface area contributed by atoms with Gasteiger partial charge < -0.3 is 11.1 Å². The van der Waals surface area contributed by atoms with Gasteiger partial charge in [-0.15, -0.1) is 0 Å². The summed E-state index contributed by atoms with van der Waals surface area (Å²) in [7, 11) is 0. The van der Waals surface area contributed by atoms with Gasteiger partial charge in [-0.2, -0.15) is 5.26 Å². The molecule has 2 unspecified atom stereocenters. The zero-order valence-electron chi connectivity index (χ0n) is 9.53. The number of rotatable bonds is 2. The van der Waals surface area contributed by atoms with Gasteiger partial charge in [0.1, 0.15) is 0 Å². The molecule has 2 rings (SSSR count). The lowest BCUT2D eigenvalue weighted by molar-refractivity contribution is 0.638. The zero-order valence-corrected chi connectivity index (χ0v) is 9.53. The second-order valence-electron chi connectivity index (χ2n) is 4.49. The second kappa shape index (κ2) is 4.54. The van der Waals surface area contributed by atoms with Crippen molar-refractivity contribution in [2.75, 3.05) is 5.32 Å². The van der Waals surface area contributed by atoms with E-state index in [1.165, 1.54) is 6.42 Å². The third-order valence-corrected chi connectivity index (χ3v) is 3.27. The normalized spacial score (nSPS) is 24.1. The molecule has 1 fully saturated rings. The van der Waals surface area contributed by atoms with Gasteiger partial charge in [-0.3, -0.25) is 0 Å². The van der Waals surface area contributed by atoms with Crippen LogP contribution in [-0.4, -0.2) is 12.1 Å². The Kier molecular flexibility index (Phi) is 3.12. The van der Waals surface area contributed by atoms with Crippen molar-refractivity contribution >= 4 is 5.69 Å². The Hall–Kier alpha value is -1.53. The highest BCUT2D eigenvalue weighted by Crippen LogP contribution is 2.22. The number of nitriles is 1. The summed E-state index contributed by atoms with van der Waals surface area (Å²) < 4.78 is 0. The highest BCUT2D eigenvalue weighted by Gasteiger charge is 2.23. The number of nitrogens with one attached hydrogen (secondary N) is 1. The van der Waals surface area contributed by atoms with E-state index in [2.05, 4.69) is 11.4 Å². The molecule has 84 valence electrons. The van der Waals surface area contributed by atoms with Crippen LogP contribution in [0, 0.1) is 18.3 Å². The molecular formula is C13H17N3. The van der Waals surface area contributed by atoms with Crippen LogP contribution in [-0.2, 0) is 0 Å². The number of benzene rings is 1. The van der Waals surface area contributed by atoms with Crippen molar-refractivity contribution in [2.45, 2.75) is 38.3 Å². The lowest BCUT2D eigenvalue weighted by Crippen LogP contribution is -2.35. The fraction of sp³-hybridized carbons (Fsp3) is 0.462. The van der Waals surface area contributed by atoms with Gasteiger partial charge >= 0.3 is 0 Å². The first kappa shape index (κ1) is 11.0. The summed E-state index contributed by atoms with van der Waals surface area (Å²) in [6, 6.07) is 8.65. The molecule has 0 radical (unpaired) electrons. The van der Waals surface area contributed by atoms with Crippen LogP contribution >= 0.6 is 0 Å². The van der Waals surface area contributed by atoms with Gasteiger partial charge in [-0.05, 0) is 49.9 Å². The Labute approximate surface area is 96.3 Å². The minimum Gasteiger partial charge on any atom is -0.381 e. The Balaban J connectivity index is 2.11. The first-order valence-corrected chi connectivity index (χ1v) is 5.73. The van der Waals surface area contributed by atoms with Crippen molar-refractivity contribution in [3.05, 3.63) is 29.3 Å². The van der Waals surface area contributed by atoms with Gasteiger partial charge in [0.15, 0.2) is 0 Å². The van der Waals surface area contributed by atoms with Gasteiger partial charge in [0.05, 0.1) is 11.6 Å². The number of hydrogen-bond donors (Lipinski definition) is 2. The minimum absolute atomic E-state index is 0.260. The molecular weight excluding hydrogens is 198 g/mol. The molecule has 1 aromatic rings.